The van der Waals surface area contributed by atoms with Gasteiger partial charge in [0.1, 0.15) is 0 Å². The fourth-order valence-corrected chi connectivity index (χ4v) is 1.97. The number of likely N-dealkylation sites (tertiary alicyclic amines) is 1. The van der Waals surface area contributed by atoms with E-state index >= 15 is 0 Å². The molecule has 0 aromatic rings. The van der Waals surface area contributed by atoms with E-state index in [2.05, 4.69) is 23.2 Å². The standard InChI is InChI=1S/C11H21N3/c1-2-14-8-5-11(10-14)9-13-7-4-3-6-12/h11,13H,2-5,7-10H2,1H3. The molecule has 1 N–H and O–H groups in total. The minimum atomic E-state index is 0.679. The molecule has 1 fully saturated rings. The van der Waals surface area contributed by atoms with Gasteiger partial charge < -0.3 is 10.2 Å². The Labute approximate surface area is 87.1 Å². The number of hydrogen-bond acceptors (Lipinski definition) is 3. The summed E-state index contributed by atoms with van der Waals surface area (Å²) in [5.41, 5.74) is 0. The van der Waals surface area contributed by atoms with Crippen LogP contribution in [-0.2, 0) is 0 Å². The molecular weight excluding hydrogens is 174 g/mol. The first-order chi connectivity index (χ1) is 6.86. The van der Waals surface area contributed by atoms with Crippen molar-refractivity contribution in [3.05, 3.63) is 0 Å². The topological polar surface area (TPSA) is 39.1 Å². The molecule has 80 valence electrons. The number of unbranched alkanes of at least 4 members (excludes halogenated alkanes) is 1. The van der Waals surface area contributed by atoms with Crippen LogP contribution in [0.5, 0.6) is 0 Å². The van der Waals surface area contributed by atoms with Gasteiger partial charge in [-0.2, -0.15) is 5.26 Å². The molecule has 3 nitrogen and oxygen atoms in total. The SMILES string of the molecule is CCN1CCC(CNCCCC#N)C1. The Bertz CT molecular complexity index is 185. The second kappa shape index (κ2) is 6.80. The molecule has 1 atom stereocenters. The van der Waals surface area contributed by atoms with Crippen LogP contribution >= 0.6 is 0 Å². The van der Waals surface area contributed by atoms with Crippen LogP contribution < -0.4 is 5.32 Å². The predicted molar refractivity (Wildman–Crippen MR) is 57.9 cm³/mol. The smallest absolute Gasteiger partial charge is 0.0622 e. The average Bonchev–Trinajstić information content (AvgIpc) is 2.65. The van der Waals surface area contributed by atoms with Crippen molar-refractivity contribution in [2.75, 3.05) is 32.7 Å². The second-order valence-corrected chi connectivity index (χ2v) is 4.01. The van der Waals surface area contributed by atoms with Crippen molar-refractivity contribution >= 4 is 0 Å². The van der Waals surface area contributed by atoms with Crippen LogP contribution in [0.2, 0.25) is 0 Å². The zero-order valence-corrected chi connectivity index (χ0v) is 9.13. The van der Waals surface area contributed by atoms with E-state index in [1.54, 1.807) is 0 Å². The van der Waals surface area contributed by atoms with Gasteiger partial charge in [0.25, 0.3) is 0 Å². The fourth-order valence-electron chi connectivity index (χ4n) is 1.97. The number of hydrogen-bond donors (Lipinski definition) is 1. The zero-order valence-electron chi connectivity index (χ0n) is 9.13. The summed E-state index contributed by atoms with van der Waals surface area (Å²) in [5.74, 6) is 0.831. The maximum absolute atomic E-state index is 8.36. The second-order valence-electron chi connectivity index (χ2n) is 4.01. The Hall–Kier alpha value is -0.590. The van der Waals surface area contributed by atoms with Crippen molar-refractivity contribution < 1.29 is 0 Å². The van der Waals surface area contributed by atoms with E-state index in [4.69, 9.17) is 5.26 Å². The van der Waals surface area contributed by atoms with Crippen molar-refractivity contribution in [1.29, 1.82) is 5.26 Å². The first kappa shape index (κ1) is 11.5. The van der Waals surface area contributed by atoms with Crippen LogP contribution in [0.25, 0.3) is 0 Å². The highest BCUT2D eigenvalue weighted by molar-refractivity contribution is 4.76. The van der Waals surface area contributed by atoms with Gasteiger partial charge in [0.05, 0.1) is 6.07 Å². The van der Waals surface area contributed by atoms with Crippen LogP contribution in [0.15, 0.2) is 0 Å². The van der Waals surface area contributed by atoms with Crippen molar-refractivity contribution in [3.63, 3.8) is 0 Å². The molecule has 1 heterocycles. The Morgan fingerprint density at radius 3 is 3.07 bits per heavy atom. The molecule has 1 aliphatic rings. The summed E-state index contributed by atoms with van der Waals surface area (Å²) in [6.45, 7) is 8.05. The highest BCUT2D eigenvalue weighted by Crippen LogP contribution is 2.14. The van der Waals surface area contributed by atoms with Gasteiger partial charge >= 0.3 is 0 Å². The van der Waals surface area contributed by atoms with Crippen molar-refractivity contribution in [2.45, 2.75) is 26.2 Å². The van der Waals surface area contributed by atoms with E-state index in [1.807, 2.05) is 0 Å². The van der Waals surface area contributed by atoms with Gasteiger partial charge in [-0.1, -0.05) is 6.92 Å². The molecule has 0 radical (unpaired) electrons. The molecular formula is C11H21N3. The van der Waals surface area contributed by atoms with E-state index < -0.39 is 0 Å². The van der Waals surface area contributed by atoms with Crippen molar-refractivity contribution in [3.8, 4) is 6.07 Å². The first-order valence-corrected chi connectivity index (χ1v) is 5.66. The summed E-state index contributed by atoms with van der Waals surface area (Å²) in [6, 6.07) is 2.16. The van der Waals surface area contributed by atoms with Crippen molar-refractivity contribution in [1.82, 2.24) is 10.2 Å². The third-order valence-corrected chi connectivity index (χ3v) is 2.89. The molecule has 0 saturated carbocycles. The minimum Gasteiger partial charge on any atom is -0.316 e. The molecule has 1 saturated heterocycles. The molecule has 1 rings (SSSR count). The van der Waals surface area contributed by atoms with Gasteiger partial charge in [-0.3, -0.25) is 0 Å². The van der Waals surface area contributed by atoms with Gasteiger partial charge in [0, 0.05) is 13.0 Å². The summed E-state index contributed by atoms with van der Waals surface area (Å²) in [5, 5.41) is 11.8. The zero-order chi connectivity index (χ0) is 10.2. The number of nitrogens with one attached hydrogen (secondary N) is 1. The van der Waals surface area contributed by atoms with Crippen LogP contribution in [0.4, 0.5) is 0 Å². The van der Waals surface area contributed by atoms with E-state index in [9.17, 15) is 0 Å². The van der Waals surface area contributed by atoms with Gasteiger partial charge in [-0.15, -0.1) is 0 Å². The molecule has 0 spiro atoms. The maximum Gasteiger partial charge on any atom is 0.0622 e. The average molecular weight is 195 g/mol. The van der Waals surface area contributed by atoms with Crippen LogP contribution in [-0.4, -0.2) is 37.6 Å². The van der Waals surface area contributed by atoms with E-state index in [1.165, 1.54) is 26.1 Å². The normalized spacial score (nSPS) is 22.4. The third kappa shape index (κ3) is 4.08. The monoisotopic (exact) mass is 195 g/mol. The highest BCUT2D eigenvalue weighted by atomic mass is 15.1. The van der Waals surface area contributed by atoms with Crippen LogP contribution in [0, 0.1) is 17.2 Å². The van der Waals surface area contributed by atoms with Gasteiger partial charge in [0.2, 0.25) is 0 Å². The maximum atomic E-state index is 8.36. The quantitative estimate of drug-likeness (QED) is 0.648. The summed E-state index contributed by atoms with van der Waals surface area (Å²) >= 11 is 0. The molecule has 0 aromatic heterocycles. The van der Waals surface area contributed by atoms with Gasteiger partial charge in [0.15, 0.2) is 0 Å². The lowest BCUT2D eigenvalue weighted by Gasteiger charge is -2.13. The molecule has 0 amide bonds. The lowest BCUT2D eigenvalue weighted by atomic mass is 10.1. The van der Waals surface area contributed by atoms with Crippen molar-refractivity contribution in [2.24, 2.45) is 5.92 Å². The van der Waals surface area contributed by atoms with E-state index in [-0.39, 0.29) is 0 Å². The summed E-state index contributed by atoms with van der Waals surface area (Å²) in [4.78, 5) is 2.50. The van der Waals surface area contributed by atoms with Crippen LogP contribution in [0.3, 0.4) is 0 Å². The summed E-state index contributed by atoms with van der Waals surface area (Å²) in [6.07, 6.45) is 3.00. The lowest BCUT2D eigenvalue weighted by Crippen LogP contribution is -2.27. The molecule has 0 aromatic carbocycles. The predicted octanol–water partition coefficient (Wildman–Crippen LogP) is 1.22. The first-order valence-electron chi connectivity index (χ1n) is 5.66. The largest absolute Gasteiger partial charge is 0.316 e. The highest BCUT2D eigenvalue weighted by Gasteiger charge is 2.19. The molecule has 14 heavy (non-hydrogen) atoms. The Kier molecular flexibility index (Phi) is 5.58. The van der Waals surface area contributed by atoms with E-state index in [0.717, 1.165) is 25.4 Å². The third-order valence-electron chi connectivity index (χ3n) is 2.89. The van der Waals surface area contributed by atoms with Gasteiger partial charge in [-0.05, 0) is 44.9 Å². The number of rotatable bonds is 6. The molecule has 3 heteroatoms. The van der Waals surface area contributed by atoms with Crippen LogP contribution in [0.1, 0.15) is 26.2 Å². The Morgan fingerprint density at radius 1 is 1.57 bits per heavy atom. The Morgan fingerprint density at radius 2 is 2.43 bits per heavy atom. The molecule has 1 aliphatic heterocycles. The molecule has 0 bridgehead atoms. The molecule has 1 unspecified atom stereocenters. The lowest BCUT2D eigenvalue weighted by molar-refractivity contribution is 0.339. The summed E-state index contributed by atoms with van der Waals surface area (Å²) in [7, 11) is 0. The molecule has 0 aliphatic carbocycles. The Balaban J connectivity index is 1.95. The van der Waals surface area contributed by atoms with E-state index in [0.29, 0.717) is 6.42 Å². The minimum absolute atomic E-state index is 0.679. The number of nitrogens with zero attached hydrogens (tertiary/aromatic N) is 2. The summed E-state index contributed by atoms with van der Waals surface area (Å²) < 4.78 is 0. The number of nitriles is 1. The van der Waals surface area contributed by atoms with Gasteiger partial charge in [-0.25, -0.2) is 0 Å². The fraction of sp³-hybridized carbons (Fsp3) is 0.909.